The van der Waals surface area contributed by atoms with Crippen LogP contribution in [-0.2, 0) is 9.84 Å². The van der Waals surface area contributed by atoms with E-state index in [4.69, 9.17) is 10.2 Å². The number of hydrogen-bond donors (Lipinski definition) is 2. The fourth-order valence-electron chi connectivity index (χ4n) is 1.09. The normalized spacial score (nSPS) is 38.0. The SMILES string of the molecule is O=S1(=O)CCC(O)C(O)CC1. The third kappa shape index (κ3) is 2.43. The first kappa shape index (κ1) is 8.96. The molecule has 1 heterocycles. The third-order valence-electron chi connectivity index (χ3n) is 1.89. The van der Waals surface area contributed by atoms with E-state index >= 15 is 0 Å². The van der Waals surface area contributed by atoms with Gasteiger partial charge in [-0.1, -0.05) is 0 Å². The van der Waals surface area contributed by atoms with Crippen LogP contribution in [0.25, 0.3) is 0 Å². The fourth-order valence-corrected chi connectivity index (χ4v) is 2.49. The molecule has 0 aromatic carbocycles. The van der Waals surface area contributed by atoms with Crippen molar-refractivity contribution in [3.8, 4) is 0 Å². The Labute approximate surface area is 65.8 Å². The zero-order chi connectivity index (χ0) is 8.48. The van der Waals surface area contributed by atoms with Crippen molar-refractivity contribution >= 4 is 9.84 Å². The van der Waals surface area contributed by atoms with Crippen LogP contribution in [0.1, 0.15) is 12.8 Å². The quantitative estimate of drug-likeness (QED) is 0.497. The van der Waals surface area contributed by atoms with Gasteiger partial charge in [0.15, 0.2) is 9.84 Å². The molecule has 1 rings (SSSR count). The molecule has 1 aliphatic heterocycles. The average molecular weight is 180 g/mol. The van der Waals surface area contributed by atoms with Crippen molar-refractivity contribution in [1.29, 1.82) is 0 Å². The molecule has 1 aliphatic rings. The third-order valence-corrected chi connectivity index (χ3v) is 3.61. The van der Waals surface area contributed by atoms with E-state index in [1.807, 2.05) is 0 Å². The Morgan fingerprint density at radius 2 is 1.36 bits per heavy atom. The Kier molecular flexibility index (Phi) is 2.51. The van der Waals surface area contributed by atoms with Gasteiger partial charge in [-0.05, 0) is 12.8 Å². The summed E-state index contributed by atoms with van der Waals surface area (Å²) in [6.07, 6.45) is -1.42. The largest absolute Gasteiger partial charge is 0.390 e. The zero-order valence-corrected chi connectivity index (χ0v) is 6.92. The Morgan fingerprint density at radius 3 is 1.73 bits per heavy atom. The predicted molar refractivity (Wildman–Crippen MR) is 39.9 cm³/mol. The van der Waals surface area contributed by atoms with E-state index in [1.54, 1.807) is 0 Å². The summed E-state index contributed by atoms with van der Waals surface area (Å²) in [7, 11) is -3.01. The minimum absolute atomic E-state index is 0.00870. The van der Waals surface area contributed by atoms with Crippen LogP contribution >= 0.6 is 0 Å². The Bertz CT molecular complexity index is 203. The van der Waals surface area contributed by atoms with E-state index in [1.165, 1.54) is 0 Å². The lowest BCUT2D eigenvalue weighted by molar-refractivity contribution is 0.0187. The Morgan fingerprint density at radius 1 is 1.00 bits per heavy atom. The molecule has 0 aromatic rings. The zero-order valence-electron chi connectivity index (χ0n) is 6.10. The van der Waals surface area contributed by atoms with E-state index in [2.05, 4.69) is 0 Å². The van der Waals surface area contributed by atoms with Crippen LogP contribution in [0.2, 0.25) is 0 Å². The Balaban J connectivity index is 2.66. The van der Waals surface area contributed by atoms with Crippen molar-refractivity contribution in [2.45, 2.75) is 25.0 Å². The lowest BCUT2D eigenvalue weighted by Crippen LogP contribution is -2.24. The first-order valence-corrected chi connectivity index (χ1v) is 5.40. The summed E-state index contributed by atoms with van der Waals surface area (Å²) in [5.41, 5.74) is 0. The summed E-state index contributed by atoms with van der Waals surface area (Å²) in [6.45, 7) is 0. The fraction of sp³-hybridized carbons (Fsp3) is 1.00. The predicted octanol–water partition coefficient (Wildman–Crippen LogP) is -1.08. The maximum Gasteiger partial charge on any atom is 0.150 e. The van der Waals surface area contributed by atoms with Crippen LogP contribution in [0.3, 0.4) is 0 Å². The van der Waals surface area contributed by atoms with Crippen LogP contribution in [0.4, 0.5) is 0 Å². The molecule has 2 atom stereocenters. The van der Waals surface area contributed by atoms with Gasteiger partial charge >= 0.3 is 0 Å². The molecule has 1 saturated heterocycles. The molecular weight excluding hydrogens is 168 g/mol. The highest BCUT2D eigenvalue weighted by Gasteiger charge is 2.25. The Hall–Kier alpha value is -0.130. The van der Waals surface area contributed by atoms with E-state index in [0.29, 0.717) is 0 Å². The lowest BCUT2D eigenvalue weighted by Gasteiger charge is -2.11. The van der Waals surface area contributed by atoms with Gasteiger partial charge in [0.05, 0.1) is 23.7 Å². The molecule has 0 radical (unpaired) electrons. The minimum atomic E-state index is -3.01. The molecule has 0 amide bonds. The first-order chi connectivity index (χ1) is 5.01. The highest BCUT2D eigenvalue weighted by Crippen LogP contribution is 2.12. The molecule has 1 fully saturated rings. The van der Waals surface area contributed by atoms with Gasteiger partial charge in [0.1, 0.15) is 0 Å². The van der Waals surface area contributed by atoms with Crippen LogP contribution in [0.15, 0.2) is 0 Å². The van der Waals surface area contributed by atoms with E-state index in [-0.39, 0.29) is 24.3 Å². The smallest absolute Gasteiger partial charge is 0.150 e. The summed E-state index contributed by atoms with van der Waals surface area (Å²) < 4.78 is 21.9. The first-order valence-electron chi connectivity index (χ1n) is 3.58. The molecule has 0 spiro atoms. The molecule has 66 valence electrons. The summed E-state index contributed by atoms with van der Waals surface area (Å²) in [6, 6.07) is 0. The minimum Gasteiger partial charge on any atom is -0.390 e. The van der Waals surface area contributed by atoms with Crippen molar-refractivity contribution in [2.75, 3.05) is 11.5 Å². The van der Waals surface area contributed by atoms with Gasteiger partial charge in [-0.3, -0.25) is 0 Å². The van der Waals surface area contributed by atoms with Gasteiger partial charge in [0.25, 0.3) is 0 Å². The molecular formula is C6H12O4S. The molecule has 2 N–H and O–H groups in total. The van der Waals surface area contributed by atoms with Crippen molar-refractivity contribution in [2.24, 2.45) is 0 Å². The highest BCUT2D eigenvalue weighted by atomic mass is 32.2. The second-order valence-electron chi connectivity index (χ2n) is 2.86. The maximum absolute atomic E-state index is 10.9. The highest BCUT2D eigenvalue weighted by molar-refractivity contribution is 7.91. The standard InChI is InChI=1S/C6H12O4S/c7-5-1-3-11(9,10)4-2-6(5)8/h5-8H,1-4H2. The molecule has 0 saturated carbocycles. The van der Waals surface area contributed by atoms with Crippen LogP contribution < -0.4 is 0 Å². The summed E-state index contributed by atoms with van der Waals surface area (Å²) in [4.78, 5) is 0. The monoisotopic (exact) mass is 180 g/mol. The van der Waals surface area contributed by atoms with E-state index in [0.717, 1.165) is 0 Å². The van der Waals surface area contributed by atoms with E-state index < -0.39 is 22.0 Å². The van der Waals surface area contributed by atoms with Crippen LogP contribution in [-0.4, -0.2) is 42.3 Å². The summed E-state index contributed by atoms with van der Waals surface area (Å²) in [5.74, 6) is -0.0174. The molecule has 11 heavy (non-hydrogen) atoms. The molecule has 2 unspecified atom stereocenters. The maximum atomic E-state index is 10.9. The van der Waals surface area contributed by atoms with Crippen molar-refractivity contribution in [1.82, 2.24) is 0 Å². The summed E-state index contributed by atoms with van der Waals surface area (Å²) >= 11 is 0. The average Bonchev–Trinajstić information content (AvgIpc) is 2.03. The van der Waals surface area contributed by atoms with Gasteiger partial charge in [-0.15, -0.1) is 0 Å². The number of hydrogen-bond acceptors (Lipinski definition) is 4. The molecule has 0 aromatic heterocycles. The van der Waals surface area contributed by atoms with Gasteiger partial charge in [-0.2, -0.15) is 0 Å². The second kappa shape index (κ2) is 3.08. The van der Waals surface area contributed by atoms with Gasteiger partial charge in [0.2, 0.25) is 0 Å². The van der Waals surface area contributed by atoms with Crippen molar-refractivity contribution in [3.63, 3.8) is 0 Å². The van der Waals surface area contributed by atoms with Crippen molar-refractivity contribution < 1.29 is 18.6 Å². The summed E-state index contributed by atoms with van der Waals surface area (Å²) in [5, 5.41) is 18.2. The number of aliphatic hydroxyl groups is 2. The van der Waals surface area contributed by atoms with Crippen molar-refractivity contribution in [3.05, 3.63) is 0 Å². The molecule has 0 bridgehead atoms. The van der Waals surface area contributed by atoms with E-state index in [9.17, 15) is 8.42 Å². The number of sulfone groups is 1. The van der Waals surface area contributed by atoms with Crippen LogP contribution in [0, 0.1) is 0 Å². The molecule has 4 nitrogen and oxygen atoms in total. The number of rotatable bonds is 0. The van der Waals surface area contributed by atoms with Gasteiger partial charge in [-0.25, -0.2) is 8.42 Å². The molecule has 0 aliphatic carbocycles. The van der Waals surface area contributed by atoms with Gasteiger partial charge < -0.3 is 10.2 Å². The van der Waals surface area contributed by atoms with Crippen LogP contribution in [0.5, 0.6) is 0 Å². The topological polar surface area (TPSA) is 74.6 Å². The second-order valence-corrected chi connectivity index (χ2v) is 5.17. The number of aliphatic hydroxyl groups excluding tert-OH is 2. The lowest BCUT2D eigenvalue weighted by atomic mass is 10.1. The molecule has 5 heteroatoms. The van der Waals surface area contributed by atoms with Gasteiger partial charge in [0, 0.05) is 0 Å².